The number of nitrogens with zero attached hydrogens (tertiary/aromatic N) is 2. The van der Waals surface area contributed by atoms with Gasteiger partial charge in [-0.3, -0.25) is 0 Å². The molecule has 1 aromatic carbocycles. The van der Waals surface area contributed by atoms with Crippen molar-refractivity contribution in [2.75, 3.05) is 19.1 Å². The quantitative estimate of drug-likeness (QED) is 0.783. The van der Waals surface area contributed by atoms with Gasteiger partial charge in [0.1, 0.15) is 17.1 Å². The summed E-state index contributed by atoms with van der Waals surface area (Å²) in [5.74, 6) is 3.15. The first-order valence-corrected chi connectivity index (χ1v) is 7.74. The van der Waals surface area contributed by atoms with E-state index in [2.05, 4.69) is 28.8 Å². The predicted molar refractivity (Wildman–Crippen MR) is 78.9 cm³/mol. The molecule has 1 heterocycles. The SMILES string of the molecule is COc1cccc2c1nc(CCl)n2C(C)CSC. The summed E-state index contributed by atoms with van der Waals surface area (Å²) in [5.41, 5.74) is 1.98. The zero-order chi connectivity index (χ0) is 13.1. The van der Waals surface area contributed by atoms with Gasteiger partial charge in [0.15, 0.2) is 0 Å². The fourth-order valence-electron chi connectivity index (χ4n) is 2.21. The summed E-state index contributed by atoms with van der Waals surface area (Å²) >= 11 is 7.84. The van der Waals surface area contributed by atoms with E-state index in [9.17, 15) is 0 Å². The number of fused-ring (bicyclic) bond motifs is 1. The Morgan fingerprint density at radius 2 is 2.28 bits per heavy atom. The van der Waals surface area contributed by atoms with Crippen LogP contribution in [0.4, 0.5) is 0 Å². The maximum absolute atomic E-state index is 6.01. The smallest absolute Gasteiger partial charge is 0.146 e. The van der Waals surface area contributed by atoms with Gasteiger partial charge < -0.3 is 9.30 Å². The number of hydrogen-bond acceptors (Lipinski definition) is 3. The van der Waals surface area contributed by atoms with Crippen LogP contribution in [0.1, 0.15) is 18.8 Å². The lowest BCUT2D eigenvalue weighted by Gasteiger charge is -2.15. The molecule has 0 radical (unpaired) electrons. The third-order valence-corrected chi connectivity index (χ3v) is 4.00. The Balaban J connectivity index is 2.62. The summed E-state index contributed by atoms with van der Waals surface area (Å²) in [4.78, 5) is 4.60. The van der Waals surface area contributed by atoms with Crippen molar-refractivity contribution < 1.29 is 4.74 Å². The summed E-state index contributed by atoms with van der Waals surface area (Å²) in [6.45, 7) is 2.19. The maximum Gasteiger partial charge on any atom is 0.146 e. The summed E-state index contributed by atoms with van der Waals surface area (Å²) < 4.78 is 7.57. The van der Waals surface area contributed by atoms with Crippen molar-refractivity contribution in [3.63, 3.8) is 0 Å². The van der Waals surface area contributed by atoms with Crippen molar-refractivity contribution in [3.8, 4) is 5.75 Å². The molecule has 98 valence electrons. The molecule has 2 rings (SSSR count). The first kappa shape index (κ1) is 13.6. The highest BCUT2D eigenvalue weighted by Gasteiger charge is 2.17. The predicted octanol–water partition coefficient (Wildman–Crippen LogP) is 3.71. The van der Waals surface area contributed by atoms with Crippen LogP contribution in [0.25, 0.3) is 11.0 Å². The first-order chi connectivity index (χ1) is 8.72. The van der Waals surface area contributed by atoms with E-state index in [1.807, 2.05) is 23.9 Å². The number of thioether (sulfide) groups is 1. The van der Waals surface area contributed by atoms with Gasteiger partial charge in [-0.1, -0.05) is 6.07 Å². The lowest BCUT2D eigenvalue weighted by molar-refractivity contribution is 0.419. The van der Waals surface area contributed by atoms with E-state index in [4.69, 9.17) is 16.3 Å². The highest BCUT2D eigenvalue weighted by atomic mass is 35.5. The largest absolute Gasteiger partial charge is 0.494 e. The monoisotopic (exact) mass is 284 g/mol. The zero-order valence-corrected chi connectivity index (χ0v) is 12.4. The molecule has 0 bridgehead atoms. The zero-order valence-electron chi connectivity index (χ0n) is 10.8. The van der Waals surface area contributed by atoms with Gasteiger partial charge in [0.2, 0.25) is 0 Å². The summed E-state index contributed by atoms with van der Waals surface area (Å²) in [7, 11) is 1.67. The van der Waals surface area contributed by atoms with Gasteiger partial charge in [0, 0.05) is 11.8 Å². The van der Waals surface area contributed by atoms with Crippen LogP contribution in [0.2, 0.25) is 0 Å². The number of imidazole rings is 1. The molecule has 3 nitrogen and oxygen atoms in total. The Hall–Kier alpha value is -0.870. The topological polar surface area (TPSA) is 27.1 Å². The molecule has 1 unspecified atom stereocenters. The second-order valence-corrected chi connectivity index (χ2v) is 5.34. The van der Waals surface area contributed by atoms with Crippen LogP contribution < -0.4 is 4.74 Å². The Kier molecular flexibility index (Phi) is 4.40. The summed E-state index contributed by atoms with van der Waals surface area (Å²) in [5, 5.41) is 0. The standard InChI is InChI=1S/C13H17ClN2OS/c1-9(8-18-3)16-10-5-4-6-11(17-2)13(10)15-12(16)7-14/h4-6,9H,7-8H2,1-3H3. The molecule has 0 spiro atoms. The molecule has 0 N–H and O–H groups in total. The minimum absolute atomic E-state index is 0.367. The average Bonchev–Trinajstić information content (AvgIpc) is 2.77. The minimum atomic E-state index is 0.367. The number of hydrogen-bond donors (Lipinski definition) is 0. The van der Waals surface area contributed by atoms with Crippen molar-refractivity contribution in [2.24, 2.45) is 0 Å². The molecule has 0 aliphatic heterocycles. The van der Waals surface area contributed by atoms with Crippen molar-refractivity contribution in [1.82, 2.24) is 9.55 Å². The molecule has 0 amide bonds. The number of methoxy groups -OCH3 is 1. The number of para-hydroxylation sites is 1. The van der Waals surface area contributed by atoms with E-state index in [1.165, 1.54) is 0 Å². The molecule has 1 atom stereocenters. The Morgan fingerprint density at radius 1 is 1.50 bits per heavy atom. The Bertz CT molecular complexity index is 541. The van der Waals surface area contributed by atoms with E-state index in [-0.39, 0.29) is 0 Å². The second kappa shape index (κ2) is 5.85. The number of aromatic nitrogens is 2. The second-order valence-electron chi connectivity index (χ2n) is 4.16. The third-order valence-electron chi connectivity index (χ3n) is 2.94. The molecule has 0 aliphatic carbocycles. The maximum atomic E-state index is 6.01. The lowest BCUT2D eigenvalue weighted by atomic mass is 10.2. The molecule has 1 aromatic heterocycles. The van der Waals surface area contributed by atoms with E-state index >= 15 is 0 Å². The van der Waals surface area contributed by atoms with Crippen molar-refractivity contribution in [2.45, 2.75) is 18.8 Å². The minimum Gasteiger partial charge on any atom is -0.494 e. The van der Waals surface area contributed by atoms with Gasteiger partial charge in [-0.2, -0.15) is 11.8 Å². The molecule has 0 aliphatic rings. The van der Waals surface area contributed by atoms with E-state index in [1.54, 1.807) is 7.11 Å². The van der Waals surface area contributed by atoms with Crippen molar-refractivity contribution >= 4 is 34.4 Å². The number of alkyl halides is 1. The van der Waals surface area contributed by atoms with Gasteiger partial charge in [-0.05, 0) is 25.3 Å². The summed E-state index contributed by atoms with van der Waals surface area (Å²) in [6, 6.07) is 6.35. The molecule has 18 heavy (non-hydrogen) atoms. The molecule has 0 saturated heterocycles. The van der Waals surface area contributed by atoms with Gasteiger partial charge in [-0.15, -0.1) is 11.6 Å². The number of rotatable bonds is 5. The van der Waals surface area contributed by atoms with Gasteiger partial charge in [0.05, 0.1) is 18.5 Å². The summed E-state index contributed by atoms with van der Waals surface area (Å²) in [6.07, 6.45) is 2.11. The van der Waals surface area contributed by atoms with Crippen LogP contribution in [-0.4, -0.2) is 28.7 Å². The van der Waals surface area contributed by atoms with E-state index < -0.39 is 0 Å². The fraction of sp³-hybridized carbons (Fsp3) is 0.462. The average molecular weight is 285 g/mol. The van der Waals surface area contributed by atoms with Gasteiger partial charge in [-0.25, -0.2) is 4.98 Å². The highest BCUT2D eigenvalue weighted by molar-refractivity contribution is 7.98. The number of ether oxygens (including phenoxy) is 1. The van der Waals surface area contributed by atoms with Crippen LogP contribution in [0.5, 0.6) is 5.75 Å². The van der Waals surface area contributed by atoms with Crippen LogP contribution in [-0.2, 0) is 5.88 Å². The van der Waals surface area contributed by atoms with Gasteiger partial charge >= 0.3 is 0 Å². The van der Waals surface area contributed by atoms with E-state index in [0.29, 0.717) is 11.9 Å². The lowest BCUT2D eigenvalue weighted by Crippen LogP contribution is -2.10. The molecule has 5 heteroatoms. The van der Waals surface area contributed by atoms with Crippen molar-refractivity contribution in [1.29, 1.82) is 0 Å². The van der Waals surface area contributed by atoms with E-state index in [0.717, 1.165) is 28.4 Å². The van der Waals surface area contributed by atoms with Crippen LogP contribution >= 0.6 is 23.4 Å². The molecular formula is C13H17ClN2OS. The van der Waals surface area contributed by atoms with Crippen LogP contribution in [0.3, 0.4) is 0 Å². The van der Waals surface area contributed by atoms with Gasteiger partial charge in [0.25, 0.3) is 0 Å². The van der Waals surface area contributed by atoms with Crippen LogP contribution in [0.15, 0.2) is 18.2 Å². The number of halogens is 1. The molecular weight excluding hydrogens is 268 g/mol. The molecule has 0 saturated carbocycles. The Labute approximate surface area is 116 Å². The van der Waals surface area contributed by atoms with Crippen molar-refractivity contribution in [3.05, 3.63) is 24.0 Å². The molecule has 2 aromatic rings. The normalized spacial score (nSPS) is 12.9. The molecule has 0 fully saturated rings. The fourth-order valence-corrected chi connectivity index (χ4v) is 3.03. The van der Waals surface area contributed by atoms with Crippen LogP contribution in [0, 0.1) is 0 Å². The highest BCUT2D eigenvalue weighted by Crippen LogP contribution is 2.29. The third kappa shape index (κ3) is 2.31. The number of benzene rings is 1. The Morgan fingerprint density at radius 3 is 2.89 bits per heavy atom. The first-order valence-electron chi connectivity index (χ1n) is 5.81.